The predicted molar refractivity (Wildman–Crippen MR) is 95.3 cm³/mol. The van der Waals surface area contributed by atoms with E-state index in [4.69, 9.17) is 0 Å². The molecule has 0 bridgehead atoms. The van der Waals surface area contributed by atoms with E-state index in [2.05, 4.69) is 15.3 Å². The lowest BCUT2D eigenvalue weighted by Gasteiger charge is -2.29. The van der Waals surface area contributed by atoms with Gasteiger partial charge in [0.2, 0.25) is 0 Å². The molecule has 0 saturated carbocycles. The van der Waals surface area contributed by atoms with Gasteiger partial charge in [0, 0.05) is 14.1 Å². The molecule has 1 atom stereocenters. The highest BCUT2D eigenvalue weighted by Crippen LogP contribution is 2.39. The highest BCUT2D eigenvalue weighted by Gasteiger charge is 2.35. The monoisotopic (exact) mass is 353 g/mol. The number of hydrogen-bond donors (Lipinski definition) is 3. The lowest BCUT2D eigenvalue weighted by Crippen LogP contribution is -2.44. The van der Waals surface area contributed by atoms with Crippen LogP contribution in [0.15, 0.2) is 49.5 Å². The fourth-order valence-corrected chi connectivity index (χ4v) is 3.39. The highest BCUT2D eigenvalue weighted by molar-refractivity contribution is 5.70. The van der Waals surface area contributed by atoms with Crippen LogP contribution in [-0.2, 0) is 14.1 Å². The van der Waals surface area contributed by atoms with E-state index in [0.29, 0.717) is 5.56 Å². The summed E-state index contributed by atoms with van der Waals surface area (Å²) in [5.41, 5.74) is -1.09. The molecule has 3 heterocycles. The molecule has 26 heavy (non-hydrogen) atoms. The second-order valence-electron chi connectivity index (χ2n) is 6.13. The molecule has 4 rings (SSSR count). The van der Waals surface area contributed by atoms with E-state index < -0.39 is 28.4 Å². The molecule has 1 aromatic carbocycles. The lowest BCUT2D eigenvalue weighted by molar-refractivity contribution is 0.664. The molecule has 1 aliphatic heterocycles. The largest absolute Gasteiger partial charge is 0.332 e. The number of anilines is 2. The van der Waals surface area contributed by atoms with Gasteiger partial charge in [0.05, 0.1) is 17.0 Å². The zero-order valence-electron chi connectivity index (χ0n) is 14.0. The van der Waals surface area contributed by atoms with E-state index in [1.165, 1.54) is 18.7 Å². The van der Waals surface area contributed by atoms with E-state index in [9.17, 15) is 19.2 Å². The maximum Gasteiger partial charge on any atom is 0.332 e. The summed E-state index contributed by atoms with van der Waals surface area (Å²) < 4.78 is 2.29. The van der Waals surface area contributed by atoms with E-state index in [1.54, 1.807) is 24.3 Å². The third-order valence-corrected chi connectivity index (χ3v) is 4.63. The molecule has 1 unspecified atom stereocenters. The summed E-state index contributed by atoms with van der Waals surface area (Å²) in [6.45, 7) is 0. The number of aromatic amines is 2. The first-order chi connectivity index (χ1) is 12.4. The van der Waals surface area contributed by atoms with Gasteiger partial charge in [0.15, 0.2) is 0 Å². The molecule has 0 amide bonds. The molecule has 3 N–H and O–H groups in total. The average Bonchev–Trinajstić information content (AvgIpc) is 2.63. The van der Waals surface area contributed by atoms with Crippen LogP contribution in [0.2, 0.25) is 0 Å². The molecule has 0 fully saturated rings. The molecule has 3 aromatic rings. The topological polar surface area (TPSA) is 122 Å². The summed E-state index contributed by atoms with van der Waals surface area (Å²) in [5, 5.41) is 2.87. The number of rotatable bonds is 1. The van der Waals surface area contributed by atoms with Crippen LogP contribution in [0, 0.1) is 0 Å². The molecule has 1 aliphatic rings. The first-order valence-corrected chi connectivity index (χ1v) is 7.88. The van der Waals surface area contributed by atoms with Gasteiger partial charge in [-0.1, -0.05) is 30.3 Å². The highest BCUT2D eigenvalue weighted by atomic mass is 16.2. The van der Waals surface area contributed by atoms with Crippen molar-refractivity contribution in [3.8, 4) is 0 Å². The van der Waals surface area contributed by atoms with Gasteiger partial charge >= 0.3 is 11.4 Å². The first-order valence-electron chi connectivity index (χ1n) is 7.88. The molecular weight excluding hydrogens is 338 g/mol. The van der Waals surface area contributed by atoms with Crippen molar-refractivity contribution in [1.29, 1.82) is 0 Å². The van der Waals surface area contributed by atoms with E-state index in [-0.39, 0.29) is 22.8 Å². The Kier molecular flexibility index (Phi) is 3.33. The number of H-pyrrole nitrogens is 2. The lowest BCUT2D eigenvalue weighted by atomic mass is 9.84. The smallest absolute Gasteiger partial charge is 0.327 e. The van der Waals surface area contributed by atoms with E-state index >= 15 is 0 Å². The van der Waals surface area contributed by atoms with Crippen molar-refractivity contribution >= 4 is 11.6 Å². The van der Waals surface area contributed by atoms with Crippen molar-refractivity contribution in [3.63, 3.8) is 0 Å². The maximum absolute atomic E-state index is 12.9. The minimum atomic E-state index is -0.728. The number of nitrogens with one attached hydrogen (secondary N) is 3. The number of aromatic nitrogens is 4. The van der Waals surface area contributed by atoms with Crippen LogP contribution >= 0.6 is 0 Å². The third kappa shape index (κ3) is 2.10. The zero-order valence-corrected chi connectivity index (χ0v) is 14.0. The van der Waals surface area contributed by atoms with Crippen molar-refractivity contribution in [2.24, 2.45) is 14.1 Å². The summed E-state index contributed by atoms with van der Waals surface area (Å²) in [6, 6.07) is 8.99. The Hall–Kier alpha value is -3.62. The third-order valence-electron chi connectivity index (χ3n) is 4.63. The number of nitrogens with zero attached hydrogens (tertiary/aromatic N) is 2. The molecule has 9 nitrogen and oxygen atoms in total. The van der Waals surface area contributed by atoms with Crippen molar-refractivity contribution in [2.45, 2.75) is 5.92 Å². The molecule has 2 aromatic heterocycles. The standard InChI is InChI=1S/C17H15N5O4/c1-21-13-11(15(24)22(2)17(21)26)9(8-6-4-3-5-7-8)10-12(18-13)19-16(25)20-14(10)23/h3-7,9H,1-2H3,(H3,18,19,20,23,25). The van der Waals surface area contributed by atoms with Crippen LogP contribution in [-0.4, -0.2) is 19.1 Å². The summed E-state index contributed by atoms with van der Waals surface area (Å²) in [6.07, 6.45) is 0. The van der Waals surface area contributed by atoms with Gasteiger partial charge in [-0.05, 0) is 5.56 Å². The van der Waals surface area contributed by atoms with Gasteiger partial charge in [0.1, 0.15) is 11.6 Å². The van der Waals surface area contributed by atoms with Gasteiger partial charge < -0.3 is 5.32 Å². The SMILES string of the molecule is Cn1c2c(c(=O)n(C)c1=O)C(c1ccccc1)c1c([nH]c(=O)[nH]c1=O)N2. The number of benzene rings is 1. The van der Waals surface area contributed by atoms with Gasteiger partial charge in [-0.3, -0.25) is 28.7 Å². The van der Waals surface area contributed by atoms with Gasteiger partial charge in [0.25, 0.3) is 11.1 Å². The average molecular weight is 353 g/mol. The first kappa shape index (κ1) is 15.9. The molecule has 9 heteroatoms. The molecule has 0 aliphatic carbocycles. The second-order valence-corrected chi connectivity index (χ2v) is 6.13. The Bertz CT molecular complexity index is 1260. The number of hydrogen-bond acceptors (Lipinski definition) is 5. The van der Waals surface area contributed by atoms with E-state index in [0.717, 1.165) is 4.57 Å². The molecule has 0 radical (unpaired) electrons. The van der Waals surface area contributed by atoms with Crippen molar-refractivity contribution in [2.75, 3.05) is 5.32 Å². The van der Waals surface area contributed by atoms with Crippen LogP contribution in [0.3, 0.4) is 0 Å². The van der Waals surface area contributed by atoms with Gasteiger partial charge in [-0.15, -0.1) is 0 Å². The van der Waals surface area contributed by atoms with Crippen molar-refractivity contribution in [1.82, 2.24) is 19.1 Å². The Morgan fingerprint density at radius 1 is 0.885 bits per heavy atom. The fourth-order valence-electron chi connectivity index (χ4n) is 3.39. The Labute approximate surface area is 145 Å². The van der Waals surface area contributed by atoms with Crippen LogP contribution in [0.1, 0.15) is 22.6 Å². The molecule has 0 spiro atoms. The summed E-state index contributed by atoms with van der Waals surface area (Å²) in [5.74, 6) is -0.308. The van der Waals surface area contributed by atoms with Gasteiger partial charge in [-0.2, -0.15) is 0 Å². The maximum atomic E-state index is 12.9. The number of fused-ring (bicyclic) bond motifs is 2. The fraction of sp³-hybridized carbons (Fsp3) is 0.176. The normalized spacial score (nSPS) is 15.1. The Balaban J connectivity index is 2.19. The van der Waals surface area contributed by atoms with E-state index in [1.807, 2.05) is 6.07 Å². The zero-order chi connectivity index (χ0) is 18.6. The predicted octanol–water partition coefficient (Wildman–Crippen LogP) is -0.302. The molecular formula is C17H15N5O4. The van der Waals surface area contributed by atoms with Crippen LogP contribution < -0.4 is 27.8 Å². The summed E-state index contributed by atoms with van der Waals surface area (Å²) in [4.78, 5) is 54.2. The summed E-state index contributed by atoms with van der Waals surface area (Å²) in [7, 11) is 2.91. The molecule has 132 valence electrons. The van der Waals surface area contributed by atoms with Crippen LogP contribution in [0.5, 0.6) is 0 Å². The quantitative estimate of drug-likeness (QED) is 0.434. The van der Waals surface area contributed by atoms with Crippen LogP contribution in [0.4, 0.5) is 11.6 Å². The van der Waals surface area contributed by atoms with Crippen molar-refractivity contribution < 1.29 is 0 Å². The van der Waals surface area contributed by atoms with Gasteiger partial charge in [-0.25, -0.2) is 9.59 Å². The summed E-state index contributed by atoms with van der Waals surface area (Å²) >= 11 is 0. The Morgan fingerprint density at radius 2 is 1.58 bits per heavy atom. The second kappa shape index (κ2) is 5.45. The minimum absolute atomic E-state index is 0.170. The van der Waals surface area contributed by atoms with Crippen molar-refractivity contribution in [3.05, 3.63) is 88.7 Å². The minimum Gasteiger partial charge on any atom is -0.327 e. The molecule has 0 saturated heterocycles. The van der Waals surface area contributed by atoms with Crippen LogP contribution in [0.25, 0.3) is 0 Å². The Morgan fingerprint density at radius 3 is 2.27 bits per heavy atom.